The maximum atomic E-state index is 13.2. The summed E-state index contributed by atoms with van der Waals surface area (Å²) in [6, 6.07) is 0.119. The first kappa shape index (κ1) is 21.3. The highest BCUT2D eigenvalue weighted by Crippen LogP contribution is 2.39. The summed E-state index contributed by atoms with van der Waals surface area (Å²) >= 11 is 0. The summed E-state index contributed by atoms with van der Waals surface area (Å²) in [4.78, 5) is 26.2. The first-order valence-corrected chi connectivity index (χ1v) is 12.2. The lowest BCUT2D eigenvalue weighted by atomic mass is 10.0. The van der Waals surface area contributed by atoms with Crippen LogP contribution in [-0.4, -0.2) is 90.7 Å². The summed E-state index contributed by atoms with van der Waals surface area (Å²) in [5, 5.41) is 3.31. The van der Waals surface area contributed by atoms with Gasteiger partial charge < -0.3 is 15.0 Å². The molecule has 1 aromatic heterocycles. The molecular weight excluding hydrogens is 408 g/mol. The summed E-state index contributed by atoms with van der Waals surface area (Å²) in [6.45, 7) is 6.20. The van der Waals surface area contributed by atoms with Gasteiger partial charge in [-0.15, -0.1) is 0 Å². The van der Waals surface area contributed by atoms with E-state index in [1.165, 1.54) is 10.6 Å². The van der Waals surface area contributed by atoms with Crippen LogP contribution in [0.2, 0.25) is 0 Å². The van der Waals surface area contributed by atoms with Crippen molar-refractivity contribution in [3.8, 4) is 5.75 Å². The van der Waals surface area contributed by atoms with E-state index in [4.69, 9.17) is 4.74 Å². The molecule has 3 aliphatic rings. The number of ether oxygens (including phenoxy) is 1. The van der Waals surface area contributed by atoms with Crippen LogP contribution in [0.4, 0.5) is 11.8 Å². The second-order valence-corrected chi connectivity index (χ2v) is 10.9. The van der Waals surface area contributed by atoms with Crippen LogP contribution in [0.3, 0.4) is 0 Å². The molecule has 0 bridgehead atoms. The van der Waals surface area contributed by atoms with E-state index in [9.17, 15) is 13.2 Å². The zero-order chi connectivity index (χ0) is 21.7. The lowest BCUT2D eigenvalue weighted by molar-refractivity contribution is -0.133. The van der Waals surface area contributed by atoms with Gasteiger partial charge in [0, 0.05) is 25.7 Å². The molecule has 2 saturated heterocycles. The molecule has 0 aromatic carbocycles. The number of likely N-dealkylation sites (N-methyl/N-ethyl adjacent to an activating group) is 1. The van der Waals surface area contributed by atoms with Crippen molar-refractivity contribution in [1.82, 2.24) is 19.2 Å². The second-order valence-electron chi connectivity index (χ2n) is 8.95. The molecule has 1 aromatic rings. The van der Waals surface area contributed by atoms with Gasteiger partial charge in [0.25, 0.3) is 5.91 Å². The number of piperidine rings is 1. The van der Waals surface area contributed by atoms with Gasteiger partial charge in [0.1, 0.15) is 0 Å². The molecule has 30 heavy (non-hydrogen) atoms. The lowest BCUT2D eigenvalue weighted by Crippen LogP contribution is -2.57. The van der Waals surface area contributed by atoms with Gasteiger partial charge in [0.15, 0.2) is 17.2 Å². The average molecular weight is 439 g/mol. The number of aromatic nitrogens is 2. The van der Waals surface area contributed by atoms with E-state index in [1.807, 2.05) is 7.05 Å². The Labute approximate surface area is 177 Å². The minimum absolute atomic E-state index is 0.0465. The summed E-state index contributed by atoms with van der Waals surface area (Å²) in [5.41, 5.74) is -0.967. The Balaban J connectivity index is 1.55. The number of carbonyl (C=O) groups excluding carboxylic acids is 1. The molecule has 10 nitrogen and oxygen atoms in total. The third kappa shape index (κ3) is 4.10. The number of sulfonamides is 1. The molecular formula is C19H30N6O4S. The van der Waals surface area contributed by atoms with Crippen LogP contribution in [0.25, 0.3) is 0 Å². The van der Waals surface area contributed by atoms with Crippen LogP contribution >= 0.6 is 0 Å². The average Bonchev–Trinajstić information content (AvgIpc) is 3.08. The molecule has 0 saturated carbocycles. The van der Waals surface area contributed by atoms with E-state index in [1.54, 1.807) is 24.9 Å². The van der Waals surface area contributed by atoms with Gasteiger partial charge in [-0.25, -0.2) is 17.7 Å². The minimum atomic E-state index is -3.16. The van der Waals surface area contributed by atoms with E-state index in [0.717, 1.165) is 19.5 Å². The van der Waals surface area contributed by atoms with E-state index in [2.05, 4.69) is 20.2 Å². The second kappa shape index (κ2) is 7.61. The fraction of sp³-hybridized carbons (Fsp3) is 0.737. The highest BCUT2D eigenvalue weighted by Gasteiger charge is 2.46. The molecule has 11 heteroatoms. The predicted molar refractivity (Wildman–Crippen MR) is 113 cm³/mol. The first-order valence-electron chi connectivity index (χ1n) is 10.3. The van der Waals surface area contributed by atoms with Crippen LogP contribution < -0.4 is 15.0 Å². The topological polar surface area (TPSA) is 108 Å². The van der Waals surface area contributed by atoms with Gasteiger partial charge in [-0.05, 0) is 46.7 Å². The van der Waals surface area contributed by atoms with Gasteiger partial charge in [-0.1, -0.05) is 0 Å². The quantitative estimate of drug-likeness (QED) is 0.725. The molecule has 4 rings (SSSR count). The zero-order valence-electron chi connectivity index (χ0n) is 18.0. The van der Waals surface area contributed by atoms with Crippen LogP contribution in [-0.2, 0) is 14.8 Å². The molecule has 0 unspecified atom stereocenters. The summed E-state index contributed by atoms with van der Waals surface area (Å²) in [6.07, 6.45) is 5.09. The zero-order valence-corrected chi connectivity index (χ0v) is 18.8. The lowest BCUT2D eigenvalue weighted by Gasteiger charge is -2.40. The van der Waals surface area contributed by atoms with Crippen molar-refractivity contribution in [3.05, 3.63) is 6.20 Å². The number of fused-ring (bicyclic) bond motifs is 1. The van der Waals surface area contributed by atoms with Gasteiger partial charge in [-0.2, -0.15) is 4.98 Å². The molecule has 166 valence electrons. The van der Waals surface area contributed by atoms with Gasteiger partial charge in [-0.3, -0.25) is 9.69 Å². The number of nitrogens with zero attached hydrogens (tertiary/aromatic N) is 5. The largest absolute Gasteiger partial charge is 0.472 e. The first-order chi connectivity index (χ1) is 14.0. The van der Waals surface area contributed by atoms with Crippen molar-refractivity contribution in [2.45, 2.75) is 50.8 Å². The standard InChI is InChI=1S/C19H30N6O4S/c1-19(2)17(26)25(14-7-8-23(3)12-14)16-15(29-19)11-20-18(22-16)21-13-5-9-24(10-6-13)30(4,27)28/h11,13-14H,5-10,12H2,1-4H3,(H,20,21,22)/t14-/m0/s1. The molecule has 0 radical (unpaired) electrons. The number of likely N-dealkylation sites (tertiary alicyclic amines) is 1. The third-order valence-electron chi connectivity index (χ3n) is 6.05. The van der Waals surface area contributed by atoms with Crippen molar-refractivity contribution in [2.75, 3.05) is 49.7 Å². The molecule has 4 heterocycles. The smallest absolute Gasteiger partial charge is 0.272 e. The van der Waals surface area contributed by atoms with E-state index < -0.39 is 15.6 Å². The van der Waals surface area contributed by atoms with Crippen molar-refractivity contribution >= 4 is 27.7 Å². The molecule has 1 amide bonds. The van der Waals surface area contributed by atoms with Crippen molar-refractivity contribution < 1.29 is 17.9 Å². The Kier molecular flexibility index (Phi) is 5.39. The van der Waals surface area contributed by atoms with E-state index >= 15 is 0 Å². The fourth-order valence-electron chi connectivity index (χ4n) is 4.36. The van der Waals surface area contributed by atoms with Gasteiger partial charge >= 0.3 is 0 Å². The molecule has 0 spiro atoms. The number of hydrogen-bond donors (Lipinski definition) is 1. The fourth-order valence-corrected chi connectivity index (χ4v) is 5.23. The maximum Gasteiger partial charge on any atom is 0.272 e. The highest BCUT2D eigenvalue weighted by atomic mass is 32.2. The minimum Gasteiger partial charge on any atom is -0.472 e. The Hall–Kier alpha value is -1.98. The van der Waals surface area contributed by atoms with Crippen molar-refractivity contribution in [2.24, 2.45) is 0 Å². The highest BCUT2D eigenvalue weighted by molar-refractivity contribution is 7.88. The van der Waals surface area contributed by atoms with Crippen LogP contribution in [0.15, 0.2) is 6.20 Å². The Bertz CT molecular complexity index is 929. The third-order valence-corrected chi connectivity index (χ3v) is 7.35. The predicted octanol–water partition coefficient (Wildman–Crippen LogP) is 0.521. The summed E-state index contributed by atoms with van der Waals surface area (Å²) in [7, 11) is -1.11. The van der Waals surface area contributed by atoms with Crippen LogP contribution in [0.1, 0.15) is 33.1 Å². The molecule has 1 atom stereocenters. The number of anilines is 2. The maximum absolute atomic E-state index is 13.2. The monoisotopic (exact) mass is 438 g/mol. The number of carbonyl (C=O) groups is 1. The molecule has 2 fully saturated rings. The van der Waals surface area contributed by atoms with Crippen molar-refractivity contribution in [3.63, 3.8) is 0 Å². The molecule has 0 aliphatic carbocycles. The van der Waals surface area contributed by atoms with Gasteiger partial charge in [0.05, 0.1) is 18.5 Å². The number of rotatable bonds is 4. The summed E-state index contributed by atoms with van der Waals surface area (Å²) < 4.78 is 30.8. The van der Waals surface area contributed by atoms with Crippen LogP contribution in [0, 0.1) is 0 Å². The summed E-state index contributed by atoms with van der Waals surface area (Å²) in [5.74, 6) is 1.35. The molecule has 3 aliphatic heterocycles. The number of nitrogens with one attached hydrogen (secondary N) is 1. The number of hydrogen-bond acceptors (Lipinski definition) is 8. The number of amides is 1. The van der Waals surface area contributed by atoms with Crippen molar-refractivity contribution in [1.29, 1.82) is 0 Å². The van der Waals surface area contributed by atoms with Gasteiger partial charge in [0.2, 0.25) is 16.0 Å². The Morgan fingerprint density at radius 2 is 1.90 bits per heavy atom. The normalized spacial score (nSPS) is 25.8. The van der Waals surface area contributed by atoms with Crippen LogP contribution in [0.5, 0.6) is 5.75 Å². The van der Waals surface area contributed by atoms with E-state index in [0.29, 0.717) is 43.4 Å². The Morgan fingerprint density at radius 3 is 2.50 bits per heavy atom. The van der Waals surface area contributed by atoms with E-state index in [-0.39, 0.29) is 18.0 Å². The molecule has 1 N–H and O–H groups in total. The SMILES string of the molecule is CN1CC[C@H](N2C(=O)C(C)(C)Oc3cnc(NC4CCN(S(C)(=O)=O)CC4)nc32)C1. The Morgan fingerprint density at radius 1 is 1.20 bits per heavy atom.